The molecule has 1 atom stereocenters. The molecule has 0 fully saturated rings. The molecule has 1 aliphatic rings. The summed E-state index contributed by atoms with van der Waals surface area (Å²) < 4.78 is 21.8. The number of hydrogen-bond donors (Lipinski definition) is 1. The van der Waals surface area contributed by atoms with Crippen LogP contribution in [0.3, 0.4) is 0 Å². The third-order valence-corrected chi connectivity index (χ3v) is 4.40. The van der Waals surface area contributed by atoms with Crippen molar-refractivity contribution < 1.29 is 28.5 Å². The minimum atomic E-state index is -1.01. The Labute approximate surface area is 173 Å². The zero-order valence-electron chi connectivity index (χ0n) is 16.2. The average Bonchev–Trinajstić information content (AvgIpc) is 2.95. The molecule has 2 aromatic rings. The topological polar surface area (TPSA) is 83.1 Å². The van der Waals surface area contributed by atoms with Gasteiger partial charge in [-0.1, -0.05) is 11.6 Å². The highest BCUT2D eigenvalue weighted by atomic mass is 35.5. The van der Waals surface area contributed by atoms with E-state index in [1.54, 1.807) is 24.3 Å². The molecule has 0 saturated carbocycles. The Hall–Kier alpha value is -2.93. The van der Waals surface area contributed by atoms with Gasteiger partial charge in [-0.3, -0.25) is 4.79 Å². The van der Waals surface area contributed by atoms with Crippen molar-refractivity contribution in [2.75, 3.05) is 25.1 Å². The maximum atomic E-state index is 12.5. The lowest BCUT2D eigenvalue weighted by molar-refractivity contribution is -0.123. The Kier molecular flexibility index (Phi) is 6.82. The smallest absolute Gasteiger partial charge is 0.339 e. The van der Waals surface area contributed by atoms with Crippen molar-refractivity contribution in [2.24, 2.45) is 0 Å². The molecule has 1 N–H and O–H groups in total. The zero-order chi connectivity index (χ0) is 20.8. The van der Waals surface area contributed by atoms with Gasteiger partial charge in [-0.25, -0.2) is 4.79 Å². The largest absolute Gasteiger partial charge is 0.494 e. The molecule has 1 heterocycles. The number of halogens is 1. The summed E-state index contributed by atoms with van der Waals surface area (Å²) in [6.45, 7) is 4.89. The first kappa shape index (κ1) is 20.8. The second-order valence-corrected chi connectivity index (χ2v) is 6.74. The number of hydrogen-bond acceptors (Lipinski definition) is 6. The van der Waals surface area contributed by atoms with Gasteiger partial charge in [-0.05, 0) is 50.2 Å². The van der Waals surface area contributed by atoms with Crippen LogP contribution in [0.2, 0.25) is 5.02 Å². The monoisotopic (exact) mass is 419 g/mol. The van der Waals surface area contributed by atoms with E-state index in [0.29, 0.717) is 49.2 Å². The Morgan fingerprint density at radius 3 is 2.62 bits per heavy atom. The normalized spacial score (nSPS) is 13.8. The van der Waals surface area contributed by atoms with E-state index in [0.717, 1.165) is 0 Å². The first-order valence-electron chi connectivity index (χ1n) is 9.31. The Morgan fingerprint density at radius 2 is 1.90 bits per heavy atom. The summed E-state index contributed by atoms with van der Waals surface area (Å²) in [4.78, 5) is 24.8. The number of carbonyl (C=O) groups excluding carboxylic acids is 2. The van der Waals surface area contributed by atoms with E-state index in [1.165, 1.54) is 19.1 Å². The molecule has 1 aliphatic heterocycles. The number of rotatable bonds is 6. The van der Waals surface area contributed by atoms with Gasteiger partial charge in [0.1, 0.15) is 5.75 Å². The number of benzene rings is 2. The number of esters is 1. The second-order valence-electron chi connectivity index (χ2n) is 6.33. The minimum Gasteiger partial charge on any atom is -0.494 e. The van der Waals surface area contributed by atoms with Crippen LogP contribution in [0.4, 0.5) is 5.69 Å². The quantitative estimate of drug-likeness (QED) is 0.710. The number of nitrogens with one attached hydrogen (secondary N) is 1. The van der Waals surface area contributed by atoms with Crippen molar-refractivity contribution in [3.05, 3.63) is 47.0 Å². The molecule has 0 radical (unpaired) electrons. The van der Waals surface area contributed by atoms with Crippen LogP contribution in [-0.2, 0) is 9.53 Å². The van der Waals surface area contributed by atoms with Gasteiger partial charge in [0, 0.05) is 12.1 Å². The molecule has 3 rings (SSSR count). The summed E-state index contributed by atoms with van der Waals surface area (Å²) >= 11 is 6.20. The van der Waals surface area contributed by atoms with E-state index in [-0.39, 0.29) is 10.6 Å². The summed E-state index contributed by atoms with van der Waals surface area (Å²) in [5.74, 6) is 0.353. The SMILES string of the molecule is CCOc1ccc(NC(=O)C(C)OC(=O)c2cc(Cl)c3c(c2)OCCCO3)cc1. The molecule has 29 heavy (non-hydrogen) atoms. The maximum Gasteiger partial charge on any atom is 0.339 e. The van der Waals surface area contributed by atoms with Crippen LogP contribution in [-0.4, -0.2) is 37.8 Å². The number of amides is 1. The Balaban J connectivity index is 1.63. The number of anilines is 1. The fraction of sp³-hybridized carbons (Fsp3) is 0.333. The fourth-order valence-corrected chi connectivity index (χ4v) is 2.94. The molecule has 2 aromatic carbocycles. The molecule has 0 aromatic heterocycles. The molecule has 0 bridgehead atoms. The van der Waals surface area contributed by atoms with Crippen molar-refractivity contribution in [3.8, 4) is 17.2 Å². The molecule has 8 heteroatoms. The summed E-state index contributed by atoms with van der Waals surface area (Å²) in [6, 6.07) is 9.85. The fourth-order valence-electron chi connectivity index (χ4n) is 2.68. The van der Waals surface area contributed by atoms with Gasteiger partial charge in [0.05, 0.1) is 30.4 Å². The second kappa shape index (κ2) is 9.52. The summed E-state index contributed by atoms with van der Waals surface area (Å²) in [5, 5.41) is 2.95. The van der Waals surface area contributed by atoms with Crippen molar-refractivity contribution in [1.29, 1.82) is 0 Å². The van der Waals surface area contributed by atoms with Gasteiger partial charge in [0.25, 0.3) is 5.91 Å². The van der Waals surface area contributed by atoms with Crippen LogP contribution in [0.25, 0.3) is 0 Å². The predicted molar refractivity (Wildman–Crippen MR) is 108 cm³/mol. The average molecular weight is 420 g/mol. The van der Waals surface area contributed by atoms with Crippen molar-refractivity contribution in [1.82, 2.24) is 0 Å². The van der Waals surface area contributed by atoms with Crippen LogP contribution in [0, 0.1) is 0 Å². The maximum absolute atomic E-state index is 12.5. The molecular formula is C21H22ClNO6. The van der Waals surface area contributed by atoms with Gasteiger partial charge < -0.3 is 24.3 Å². The van der Waals surface area contributed by atoms with Crippen molar-refractivity contribution >= 4 is 29.2 Å². The van der Waals surface area contributed by atoms with Gasteiger partial charge >= 0.3 is 5.97 Å². The van der Waals surface area contributed by atoms with Crippen LogP contribution in [0.1, 0.15) is 30.6 Å². The van der Waals surface area contributed by atoms with Gasteiger partial charge in [-0.15, -0.1) is 0 Å². The number of carbonyl (C=O) groups is 2. The van der Waals surface area contributed by atoms with Crippen molar-refractivity contribution in [2.45, 2.75) is 26.4 Å². The van der Waals surface area contributed by atoms with E-state index < -0.39 is 18.0 Å². The molecule has 1 unspecified atom stereocenters. The van der Waals surface area contributed by atoms with Crippen LogP contribution in [0.15, 0.2) is 36.4 Å². The van der Waals surface area contributed by atoms with Gasteiger partial charge in [0.15, 0.2) is 17.6 Å². The predicted octanol–water partition coefficient (Wildman–Crippen LogP) is 4.08. The standard InChI is InChI=1S/C21H22ClNO6/c1-3-26-16-7-5-15(6-8-16)23-20(24)13(2)29-21(25)14-11-17(22)19-18(12-14)27-9-4-10-28-19/h5-8,11-13H,3-4,9-10H2,1-2H3,(H,23,24). The Bertz CT molecular complexity index is 883. The van der Waals surface area contributed by atoms with Crippen LogP contribution < -0.4 is 19.5 Å². The van der Waals surface area contributed by atoms with Gasteiger partial charge in [-0.2, -0.15) is 0 Å². The molecule has 0 spiro atoms. The third-order valence-electron chi connectivity index (χ3n) is 4.12. The lowest BCUT2D eigenvalue weighted by Crippen LogP contribution is -2.30. The van der Waals surface area contributed by atoms with Crippen molar-refractivity contribution in [3.63, 3.8) is 0 Å². The summed E-state index contributed by atoms with van der Waals surface area (Å²) in [7, 11) is 0. The first-order valence-corrected chi connectivity index (χ1v) is 9.69. The molecule has 1 amide bonds. The molecule has 0 saturated heterocycles. The number of fused-ring (bicyclic) bond motifs is 1. The molecular weight excluding hydrogens is 398 g/mol. The molecule has 0 aliphatic carbocycles. The lowest BCUT2D eigenvalue weighted by Gasteiger charge is -2.15. The highest BCUT2D eigenvalue weighted by Crippen LogP contribution is 2.38. The minimum absolute atomic E-state index is 0.181. The van der Waals surface area contributed by atoms with E-state index in [1.807, 2.05) is 6.92 Å². The third kappa shape index (κ3) is 5.32. The Morgan fingerprint density at radius 1 is 1.17 bits per heavy atom. The lowest BCUT2D eigenvalue weighted by atomic mass is 10.2. The van der Waals surface area contributed by atoms with E-state index in [9.17, 15) is 9.59 Å². The highest BCUT2D eigenvalue weighted by molar-refractivity contribution is 6.32. The van der Waals surface area contributed by atoms with Crippen LogP contribution in [0.5, 0.6) is 17.2 Å². The molecule has 7 nitrogen and oxygen atoms in total. The highest BCUT2D eigenvalue weighted by Gasteiger charge is 2.23. The first-order chi connectivity index (χ1) is 14.0. The summed E-state index contributed by atoms with van der Waals surface area (Å²) in [6.07, 6.45) is -0.295. The zero-order valence-corrected chi connectivity index (χ0v) is 17.0. The van der Waals surface area contributed by atoms with E-state index >= 15 is 0 Å². The number of ether oxygens (including phenoxy) is 4. The summed E-state index contributed by atoms with van der Waals surface area (Å²) in [5.41, 5.74) is 0.750. The van der Waals surface area contributed by atoms with Gasteiger partial charge in [0.2, 0.25) is 0 Å². The van der Waals surface area contributed by atoms with E-state index in [4.69, 9.17) is 30.5 Å². The van der Waals surface area contributed by atoms with Crippen LogP contribution >= 0.6 is 11.6 Å². The molecule has 154 valence electrons. The van der Waals surface area contributed by atoms with E-state index in [2.05, 4.69) is 5.32 Å².